The van der Waals surface area contributed by atoms with Crippen LogP contribution in [0.3, 0.4) is 0 Å². The maximum Gasteiger partial charge on any atom is 0.312 e. The van der Waals surface area contributed by atoms with Crippen molar-refractivity contribution in [1.29, 1.82) is 0 Å². The molecule has 3 amide bonds. The molecule has 1 aromatic rings. The van der Waals surface area contributed by atoms with Crippen molar-refractivity contribution in [1.82, 2.24) is 10.6 Å². The topological polar surface area (TPSA) is 110 Å². The van der Waals surface area contributed by atoms with E-state index in [9.17, 15) is 9.59 Å². The van der Waals surface area contributed by atoms with E-state index in [0.29, 0.717) is 11.8 Å². The Balaban J connectivity index is 0.00000261. The molecule has 3 unspecified atom stereocenters. The van der Waals surface area contributed by atoms with Crippen LogP contribution in [-0.2, 0) is 4.79 Å². The summed E-state index contributed by atoms with van der Waals surface area (Å²) in [6, 6.07) is 7.17. The van der Waals surface area contributed by atoms with Gasteiger partial charge in [-0.25, -0.2) is 4.79 Å². The Labute approximate surface area is 167 Å². The molecule has 7 heteroatoms. The predicted octanol–water partition coefficient (Wildman–Crippen LogP) is 2.54. The van der Waals surface area contributed by atoms with Gasteiger partial charge in [-0.15, -0.1) is 12.4 Å². The van der Waals surface area contributed by atoms with E-state index in [0.717, 1.165) is 36.8 Å². The minimum Gasteiger partial charge on any atom is -0.353 e. The molecule has 3 atom stereocenters. The van der Waals surface area contributed by atoms with Crippen molar-refractivity contribution >= 4 is 24.3 Å². The van der Waals surface area contributed by atoms with Gasteiger partial charge in [-0.3, -0.25) is 4.79 Å². The van der Waals surface area contributed by atoms with Gasteiger partial charge in [0.15, 0.2) is 0 Å². The summed E-state index contributed by atoms with van der Waals surface area (Å²) in [4.78, 5) is 24.2. The predicted molar refractivity (Wildman–Crippen MR) is 108 cm³/mol. The van der Waals surface area contributed by atoms with Gasteiger partial charge in [-0.2, -0.15) is 0 Å². The molecule has 0 spiro atoms. The number of nitrogens with two attached hydrogens (primary N) is 2. The molecule has 2 fully saturated rings. The molecule has 2 bridgehead atoms. The minimum atomic E-state index is -0.619. The SMILES string of the molecule is Cc1ccccc1C(CC(=O)NC1C2CCCC1CC(N)C2)NC(N)=O.Cl. The normalized spacial score (nSPS) is 27.8. The molecule has 2 aliphatic carbocycles. The summed E-state index contributed by atoms with van der Waals surface area (Å²) in [5.41, 5.74) is 13.5. The lowest BCUT2D eigenvalue weighted by Crippen LogP contribution is -2.54. The summed E-state index contributed by atoms with van der Waals surface area (Å²) in [6.45, 7) is 1.97. The van der Waals surface area contributed by atoms with Gasteiger partial charge in [0, 0.05) is 12.1 Å². The Bertz CT molecular complexity index is 655. The van der Waals surface area contributed by atoms with Gasteiger partial charge in [-0.05, 0) is 55.6 Å². The standard InChI is InChI=1S/C20H30N4O2.ClH/c1-12-5-2-3-8-16(12)17(23-20(22)26)11-18(25)24-19-13-6-4-7-14(19)10-15(21)9-13;/h2-3,5,8,13-15,17,19H,4,6-7,9-11,21H2,1H3,(H,24,25)(H3,22,23,26);1H. The number of amides is 3. The molecule has 3 rings (SSSR count). The molecule has 2 aliphatic rings. The number of aryl methyl sites for hydroxylation is 1. The zero-order valence-electron chi connectivity index (χ0n) is 15.8. The van der Waals surface area contributed by atoms with E-state index in [1.807, 2.05) is 31.2 Å². The second-order valence-corrected chi connectivity index (χ2v) is 7.90. The number of hydrogen-bond acceptors (Lipinski definition) is 3. The third-order valence-corrected chi connectivity index (χ3v) is 5.97. The summed E-state index contributed by atoms with van der Waals surface area (Å²) >= 11 is 0. The lowest BCUT2D eigenvalue weighted by Gasteiger charge is -2.45. The number of nitrogens with one attached hydrogen (secondary N) is 2. The van der Waals surface area contributed by atoms with Crippen molar-refractivity contribution in [3.63, 3.8) is 0 Å². The van der Waals surface area contributed by atoms with Crippen LogP contribution >= 0.6 is 12.4 Å². The average molecular weight is 395 g/mol. The van der Waals surface area contributed by atoms with Crippen LogP contribution in [-0.4, -0.2) is 24.0 Å². The van der Waals surface area contributed by atoms with E-state index in [4.69, 9.17) is 11.5 Å². The third kappa shape index (κ3) is 5.36. The highest BCUT2D eigenvalue weighted by molar-refractivity contribution is 5.85. The number of carbonyl (C=O) groups excluding carboxylic acids is 2. The van der Waals surface area contributed by atoms with Gasteiger partial charge in [0.05, 0.1) is 12.5 Å². The summed E-state index contributed by atoms with van der Waals surface area (Å²) in [7, 11) is 0. The maximum atomic E-state index is 12.8. The number of carbonyl (C=O) groups is 2. The largest absolute Gasteiger partial charge is 0.353 e. The van der Waals surface area contributed by atoms with Crippen LogP contribution in [0.5, 0.6) is 0 Å². The number of halogens is 1. The summed E-state index contributed by atoms with van der Waals surface area (Å²) < 4.78 is 0. The first-order chi connectivity index (χ1) is 12.4. The van der Waals surface area contributed by atoms with Crippen LogP contribution < -0.4 is 22.1 Å². The molecule has 0 heterocycles. The molecule has 27 heavy (non-hydrogen) atoms. The van der Waals surface area contributed by atoms with E-state index in [2.05, 4.69) is 10.6 Å². The second kappa shape index (κ2) is 9.42. The van der Waals surface area contributed by atoms with Gasteiger partial charge in [0.2, 0.25) is 5.91 Å². The average Bonchev–Trinajstić information content (AvgIpc) is 2.55. The van der Waals surface area contributed by atoms with Crippen LogP contribution in [0.4, 0.5) is 4.79 Å². The van der Waals surface area contributed by atoms with E-state index in [-0.39, 0.29) is 36.8 Å². The van der Waals surface area contributed by atoms with Crippen LogP contribution in [0.25, 0.3) is 0 Å². The molecule has 0 aromatic heterocycles. The van der Waals surface area contributed by atoms with Gasteiger partial charge >= 0.3 is 6.03 Å². The fourth-order valence-electron chi connectivity index (χ4n) is 4.84. The third-order valence-electron chi connectivity index (χ3n) is 5.97. The first-order valence-electron chi connectivity index (χ1n) is 9.60. The lowest BCUT2D eigenvalue weighted by molar-refractivity contribution is -0.123. The van der Waals surface area contributed by atoms with Crippen LogP contribution in [0, 0.1) is 18.8 Å². The number of rotatable bonds is 5. The highest BCUT2D eigenvalue weighted by atomic mass is 35.5. The minimum absolute atomic E-state index is 0. The molecule has 2 saturated carbocycles. The Morgan fingerprint density at radius 3 is 2.41 bits per heavy atom. The number of primary amides is 1. The Hall–Kier alpha value is -1.79. The summed E-state index contributed by atoms with van der Waals surface area (Å²) in [6.07, 6.45) is 5.66. The number of fused-ring (bicyclic) bond motifs is 2. The zero-order valence-corrected chi connectivity index (χ0v) is 16.6. The van der Waals surface area contributed by atoms with Crippen molar-refractivity contribution in [2.24, 2.45) is 23.3 Å². The highest BCUT2D eigenvalue weighted by Gasteiger charge is 2.40. The first kappa shape index (κ1) is 21.5. The lowest BCUT2D eigenvalue weighted by atomic mass is 9.67. The van der Waals surface area contributed by atoms with Gasteiger partial charge in [-0.1, -0.05) is 30.7 Å². The molecule has 0 radical (unpaired) electrons. The monoisotopic (exact) mass is 394 g/mol. The van der Waals surface area contributed by atoms with Gasteiger partial charge in [0.1, 0.15) is 0 Å². The second-order valence-electron chi connectivity index (χ2n) is 7.90. The van der Waals surface area contributed by atoms with E-state index >= 15 is 0 Å². The fraction of sp³-hybridized carbons (Fsp3) is 0.600. The Morgan fingerprint density at radius 2 is 1.81 bits per heavy atom. The molecule has 0 saturated heterocycles. The zero-order chi connectivity index (χ0) is 18.7. The van der Waals surface area contributed by atoms with Crippen molar-refractivity contribution in [2.45, 2.75) is 63.6 Å². The summed E-state index contributed by atoms with van der Waals surface area (Å²) in [5, 5.41) is 5.97. The van der Waals surface area contributed by atoms with Crippen LogP contribution in [0.1, 0.15) is 55.7 Å². The van der Waals surface area contributed by atoms with Crippen molar-refractivity contribution < 1.29 is 9.59 Å². The molecular weight excluding hydrogens is 364 g/mol. The smallest absolute Gasteiger partial charge is 0.312 e. The molecule has 6 N–H and O–H groups in total. The van der Waals surface area contributed by atoms with Crippen molar-refractivity contribution in [3.8, 4) is 0 Å². The van der Waals surface area contributed by atoms with Crippen molar-refractivity contribution in [2.75, 3.05) is 0 Å². The fourth-order valence-corrected chi connectivity index (χ4v) is 4.84. The van der Waals surface area contributed by atoms with E-state index in [1.165, 1.54) is 6.42 Å². The van der Waals surface area contributed by atoms with Gasteiger partial charge in [0.25, 0.3) is 0 Å². The molecule has 6 nitrogen and oxygen atoms in total. The molecule has 0 aliphatic heterocycles. The molecular formula is C20H31ClN4O2. The molecule has 150 valence electrons. The van der Waals surface area contributed by atoms with Crippen molar-refractivity contribution in [3.05, 3.63) is 35.4 Å². The van der Waals surface area contributed by atoms with Crippen LogP contribution in [0.2, 0.25) is 0 Å². The van der Waals surface area contributed by atoms with Gasteiger partial charge < -0.3 is 22.1 Å². The maximum absolute atomic E-state index is 12.8. The quantitative estimate of drug-likeness (QED) is 0.615. The number of urea groups is 1. The Morgan fingerprint density at radius 1 is 1.19 bits per heavy atom. The number of hydrogen-bond donors (Lipinski definition) is 4. The first-order valence-corrected chi connectivity index (χ1v) is 9.60. The Kier molecular flexibility index (Phi) is 7.50. The van der Waals surface area contributed by atoms with Crippen LogP contribution in [0.15, 0.2) is 24.3 Å². The summed E-state index contributed by atoms with van der Waals surface area (Å²) in [5.74, 6) is 0.911. The van der Waals surface area contributed by atoms with E-state index in [1.54, 1.807) is 0 Å². The van der Waals surface area contributed by atoms with E-state index < -0.39 is 12.1 Å². The molecule has 1 aromatic carbocycles. The number of benzene rings is 1. The highest BCUT2D eigenvalue weighted by Crippen LogP contribution is 2.39.